The highest BCUT2D eigenvalue weighted by Crippen LogP contribution is 2.33. The molecule has 7 nitrogen and oxygen atoms in total. The number of halogens is 3. The minimum atomic E-state index is -4.79. The highest BCUT2D eigenvalue weighted by Gasteiger charge is 2.39. The van der Waals surface area contributed by atoms with Gasteiger partial charge in [-0.1, -0.05) is 6.07 Å². The number of anilines is 1. The number of rotatable bonds is 7. The number of benzene rings is 1. The second-order valence-corrected chi connectivity index (χ2v) is 8.09. The van der Waals surface area contributed by atoms with Crippen LogP contribution in [-0.4, -0.2) is 67.4 Å². The third kappa shape index (κ3) is 5.12. The lowest BCUT2D eigenvalue weighted by Gasteiger charge is -2.28. The van der Waals surface area contributed by atoms with E-state index in [0.717, 1.165) is 25.2 Å². The van der Waals surface area contributed by atoms with Crippen LogP contribution in [0.1, 0.15) is 4.88 Å². The number of amides is 2. The topological polar surface area (TPSA) is 71.1 Å². The van der Waals surface area contributed by atoms with E-state index in [9.17, 15) is 22.8 Å². The van der Waals surface area contributed by atoms with E-state index >= 15 is 0 Å². The van der Waals surface area contributed by atoms with Gasteiger partial charge in [0.1, 0.15) is 11.4 Å². The summed E-state index contributed by atoms with van der Waals surface area (Å²) in [6.45, 7) is 3.46. The Morgan fingerprint density at radius 1 is 1.03 bits per heavy atom. The summed E-state index contributed by atoms with van der Waals surface area (Å²) in [6, 6.07) is 8.51. The van der Waals surface area contributed by atoms with Crippen molar-refractivity contribution in [3.8, 4) is 5.75 Å². The maximum Gasteiger partial charge on any atom is 0.573 e. The molecule has 1 fully saturated rings. The fraction of sp³-hybridized carbons (Fsp3) is 0.333. The molecule has 2 aliphatic heterocycles. The van der Waals surface area contributed by atoms with Crippen molar-refractivity contribution in [3.05, 3.63) is 52.4 Å². The van der Waals surface area contributed by atoms with Crippen LogP contribution in [0.2, 0.25) is 0 Å². The molecule has 11 heteroatoms. The van der Waals surface area contributed by atoms with E-state index in [1.165, 1.54) is 28.4 Å². The summed E-state index contributed by atoms with van der Waals surface area (Å²) in [4.78, 5) is 30.2. The number of hydrogen-bond acceptors (Lipinski definition) is 7. The number of thiophene rings is 1. The molecule has 1 saturated heterocycles. The maximum atomic E-state index is 13.1. The lowest BCUT2D eigenvalue weighted by atomic mass is 10.2. The van der Waals surface area contributed by atoms with Crippen molar-refractivity contribution in [3.63, 3.8) is 0 Å². The van der Waals surface area contributed by atoms with Crippen LogP contribution in [0.4, 0.5) is 18.9 Å². The fourth-order valence-electron chi connectivity index (χ4n) is 3.49. The van der Waals surface area contributed by atoms with Crippen molar-refractivity contribution in [2.75, 3.05) is 44.7 Å². The van der Waals surface area contributed by atoms with Gasteiger partial charge in [-0.15, -0.1) is 24.5 Å². The average molecular weight is 467 g/mol. The molecule has 0 unspecified atom stereocenters. The normalized spacial score (nSPS) is 17.9. The molecule has 2 amide bonds. The monoisotopic (exact) mass is 467 g/mol. The summed E-state index contributed by atoms with van der Waals surface area (Å²) in [5, 5.41) is 4.72. The molecule has 0 spiro atoms. The number of hydrogen-bond donors (Lipinski definition) is 1. The van der Waals surface area contributed by atoms with Gasteiger partial charge in [-0.2, -0.15) is 0 Å². The van der Waals surface area contributed by atoms with E-state index in [1.807, 2.05) is 0 Å². The molecule has 0 atom stereocenters. The van der Waals surface area contributed by atoms with Crippen LogP contribution in [0.15, 0.2) is 47.5 Å². The van der Waals surface area contributed by atoms with Crippen LogP contribution in [0.3, 0.4) is 0 Å². The van der Waals surface area contributed by atoms with Crippen LogP contribution >= 0.6 is 11.3 Å². The molecule has 1 aromatic carbocycles. The van der Waals surface area contributed by atoms with Crippen LogP contribution in [-0.2, 0) is 14.3 Å². The summed E-state index contributed by atoms with van der Waals surface area (Å²) in [5.74, 6) is -1.25. The number of carbonyl (C=O) groups is 2. The second-order valence-electron chi connectivity index (χ2n) is 7.14. The predicted octanol–water partition coefficient (Wildman–Crippen LogP) is 3.17. The summed E-state index contributed by atoms with van der Waals surface area (Å²) >= 11 is 1.33. The highest BCUT2D eigenvalue weighted by atomic mass is 32.1. The van der Waals surface area contributed by atoms with E-state index in [2.05, 4.69) is 15.0 Å². The summed E-state index contributed by atoms with van der Waals surface area (Å²) in [6.07, 6.45) is -4.79. The molecule has 2 aliphatic rings. The smallest absolute Gasteiger partial charge is 0.406 e. The first-order chi connectivity index (χ1) is 15.3. The molecular weight excluding hydrogens is 447 g/mol. The quantitative estimate of drug-likeness (QED) is 0.631. The Hall–Kier alpha value is -2.89. The third-order valence-electron chi connectivity index (χ3n) is 5.04. The molecule has 1 aromatic heterocycles. The second kappa shape index (κ2) is 9.31. The van der Waals surface area contributed by atoms with E-state index < -0.39 is 18.2 Å². The van der Waals surface area contributed by atoms with Gasteiger partial charge in [-0.3, -0.25) is 19.4 Å². The zero-order valence-electron chi connectivity index (χ0n) is 16.9. The fourth-order valence-corrected chi connectivity index (χ4v) is 4.26. The average Bonchev–Trinajstić information content (AvgIpc) is 3.35. The standard InChI is InChI=1S/C21H20F3N3O4S/c22-21(23,24)31-15-5-3-14(4-6-15)25-18-17(16-2-1-13-32-16)19(28)27(20(18)29)8-7-26-9-11-30-12-10-26/h1-6,13,25H,7-12H2. The number of morpholine rings is 1. The SMILES string of the molecule is O=C1C(Nc2ccc(OC(F)(F)F)cc2)=C(c2cccs2)C(=O)N1CCN1CCOCC1. The van der Waals surface area contributed by atoms with Gasteiger partial charge in [0, 0.05) is 36.7 Å². The van der Waals surface area contributed by atoms with E-state index in [0.29, 0.717) is 30.3 Å². The molecule has 0 saturated carbocycles. The van der Waals surface area contributed by atoms with Crippen molar-refractivity contribution in [2.45, 2.75) is 6.36 Å². The third-order valence-corrected chi connectivity index (χ3v) is 5.92. The Morgan fingerprint density at radius 3 is 2.38 bits per heavy atom. The molecule has 4 rings (SSSR count). The number of nitrogens with zero attached hydrogens (tertiary/aromatic N) is 2. The van der Waals surface area contributed by atoms with E-state index in [1.54, 1.807) is 17.5 Å². The summed E-state index contributed by atoms with van der Waals surface area (Å²) < 4.78 is 46.3. The summed E-state index contributed by atoms with van der Waals surface area (Å²) in [5.41, 5.74) is 0.714. The van der Waals surface area contributed by atoms with Gasteiger partial charge in [0.05, 0.1) is 18.8 Å². The van der Waals surface area contributed by atoms with Crippen molar-refractivity contribution in [1.29, 1.82) is 0 Å². The van der Waals surface area contributed by atoms with Crippen molar-refractivity contribution < 1.29 is 32.2 Å². The van der Waals surface area contributed by atoms with Gasteiger partial charge in [0.25, 0.3) is 11.8 Å². The van der Waals surface area contributed by atoms with E-state index in [-0.39, 0.29) is 23.6 Å². The molecule has 0 radical (unpaired) electrons. The molecular formula is C21H20F3N3O4S. The first kappa shape index (κ1) is 22.3. The predicted molar refractivity (Wildman–Crippen MR) is 112 cm³/mol. The molecule has 32 heavy (non-hydrogen) atoms. The van der Waals surface area contributed by atoms with Gasteiger partial charge >= 0.3 is 6.36 Å². The molecule has 170 valence electrons. The number of carbonyl (C=O) groups excluding carboxylic acids is 2. The molecule has 1 N–H and O–H groups in total. The van der Waals surface area contributed by atoms with Crippen molar-refractivity contribution in [2.24, 2.45) is 0 Å². The lowest BCUT2D eigenvalue weighted by Crippen LogP contribution is -2.43. The Kier molecular flexibility index (Phi) is 6.49. The van der Waals surface area contributed by atoms with Crippen LogP contribution in [0, 0.1) is 0 Å². The first-order valence-corrected chi connectivity index (χ1v) is 10.8. The largest absolute Gasteiger partial charge is 0.573 e. The number of nitrogens with one attached hydrogen (secondary N) is 1. The van der Waals surface area contributed by atoms with Crippen LogP contribution < -0.4 is 10.1 Å². The zero-order valence-corrected chi connectivity index (χ0v) is 17.7. The molecule has 0 bridgehead atoms. The molecule has 2 aromatic rings. The number of alkyl halides is 3. The lowest BCUT2D eigenvalue weighted by molar-refractivity contribution is -0.274. The molecule has 3 heterocycles. The Bertz CT molecular complexity index is 1000. The Morgan fingerprint density at radius 2 is 1.75 bits per heavy atom. The van der Waals surface area contributed by atoms with Gasteiger partial charge < -0.3 is 14.8 Å². The summed E-state index contributed by atoms with van der Waals surface area (Å²) in [7, 11) is 0. The van der Waals surface area contributed by atoms with E-state index in [4.69, 9.17) is 4.74 Å². The van der Waals surface area contributed by atoms with Crippen LogP contribution in [0.25, 0.3) is 5.57 Å². The zero-order chi connectivity index (χ0) is 22.7. The van der Waals surface area contributed by atoms with Gasteiger partial charge in [0.15, 0.2) is 0 Å². The highest BCUT2D eigenvalue weighted by molar-refractivity contribution is 7.11. The minimum absolute atomic E-state index is 0.101. The van der Waals surface area contributed by atoms with Crippen molar-refractivity contribution in [1.82, 2.24) is 9.80 Å². The Labute approximate surface area is 186 Å². The molecule has 0 aliphatic carbocycles. The van der Waals surface area contributed by atoms with Crippen LogP contribution in [0.5, 0.6) is 5.75 Å². The van der Waals surface area contributed by atoms with Crippen molar-refractivity contribution >= 4 is 34.4 Å². The minimum Gasteiger partial charge on any atom is -0.406 e. The number of ether oxygens (including phenoxy) is 2. The Balaban J connectivity index is 1.53. The number of imide groups is 1. The van der Waals surface area contributed by atoms with Gasteiger partial charge in [-0.25, -0.2) is 0 Å². The van der Waals surface area contributed by atoms with Gasteiger partial charge in [-0.05, 0) is 35.7 Å². The van der Waals surface area contributed by atoms with Gasteiger partial charge in [0.2, 0.25) is 0 Å². The maximum absolute atomic E-state index is 13.1. The first-order valence-electron chi connectivity index (χ1n) is 9.89.